The van der Waals surface area contributed by atoms with Gasteiger partial charge in [-0.05, 0) is 13.8 Å². The van der Waals surface area contributed by atoms with Gasteiger partial charge in [0.05, 0.1) is 0 Å². The number of nitrogens with one attached hydrogen (secondary N) is 1. The van der Waals surface area contributed by atoms with E-state index in [1.165, 1.54) is 4.88 Å². The fraction of sp³-hybridized carbons (Fsp3) is 0.636. The Labute approximate surface area is 101 Å². The van der Waals surface area contributed by atoms with Crippen molar-refractivity contribution in [1.82, 2.24) is 15.2 Å². The van der Waals surface area contributed by atoms with Gasteiger partial charge in [0, 0.05) is 44.2 Å². The average Bonchev–Trinajstić information content (AvgIpc) is 2.61. The van der Waals surface area contributed by atoms with Crippen molar-refractivity contribution in [1.29, 1.82) is 0 Å². The summed E-state index contributed by atoms with van der Waals surface area (Å²) in [6.07, 6.45) is 2.40. The first kappa shape index (κ1) is 13.1. The summed E-state index contributed by atoms with van der Waals surface area (Å²) in [7, 11) is 3.55. The van der Waals surface area contributed by atoms with Gasteiger partial charge in [-0.3, -0.25) is 4.79 Å². The summed E-state index contributed by atoms with van der Waals surface area (Å²) < 4.78 is 0. The topological polar surface area (TPSA) is 45.2 Å². The first-order valence-electron chi connectivity index (χ1n) is 5.34. The van der Waals surface area contributed by atoms with Crippen LogP contribution in [0.4, 0.5) is 0 Å². The Morgan fingerprint density at radius 3 is 2.81 bits per heavy atom. The maximum atomic E-state index is 11.4. The molecule has 0 fully saturated rings. The SMILES string of the molecule is Cc1cnc(CNC(C)CC(=O)N(C)C)s1. The van der Waals surface area contributed by atoms with Crippen LogP contribution in [0, 0.1) is 6.92 Å². The summed E-state index contributed by atoms with van der Waals surface area (Å²) in [6.45, 7) is 4.79. The highest BCUT2D eigenvalue weighted by atomic mass is 32.1. The second kappa shape index (κ2) is 5.96. The van der Waals surface area contributed by atoms with Gasteiger partial charge < -0.3 is 10.2 Å². The van der Waals surface area contributed by atoms with Crippen LogP contribution in [-0.2, 0) is 11.3 Å². The van der Waals surface area contributed by atoms with E-state index in [0.717, 1.165) is 11.6 Å². The third kappa shape index (κ3) is 4.28. The van der Waals surface area contributed by atoms with Crippen LogP contribution >= 0.6 is 11.3 Å². The van der Waals surface area contributed by atoms with Gasteiger partial charge >= 0.3 is 0 Å². The lowest BCUT2D eigenvalue weighted by Gasteiger charge is -2.15. The number of carbonyl (C=O) groups excluding carboxylic acids is 1. The molecule has 16 heavy (non-hydrogen) atoms. The standard InChI is InChI=1S/C11H19N3OS/c1-8(5-11(15)14(3)4)12-7-10-13-6-9(2)16-10/h6,8,12H,5,7H2,1-4H3. The molecule has 5 heteroatoms. The van der Waals surface area contributed by atoms with E-state index < -0.39 is 0 Å². The number of hydrogen-bond acceptors (Lipinski definition) is 4. The Morgan fingerprint density at radius 1 is 1.62 bits per heavy atom. The molecule has 0 spiro atoms. The van der Waals surface area contributed by atoms with Crippen LogP contribution in [0.3, 0.4) is 0 Å². The molecule has 0 bridgehead atoms. The molecule has 1 heterocycles. The van der Waals surface area contributed by atoms with E-state index in [1.54, 1.807) is 30.3 Å². The number of hydrogen-bond donors (Lipinski definition) is 1. The summed E-state index contributed by atoms with van der Waals surface area (Å²) in [5.74, 6) is 0.148. The molecule has 0 aliphatic rings. The number of thiazole rings is 1. The van der Waals surface area contributed by atoms with Crippen LogP contribution in [0.15, 0.2) is 6.20 Å². The van der Waals surface area contributed by atoms with Gasteiger partial charge in [-0.25, -0.2) is 4.98 Å². The van der Waals surface area contributed by atoms with E-state index in [0.29, 0.717) is 6.42 Å². The molecule has 0 saturated carbocycles. The van der Waals surface area contributed by atoms with Gasteiger partial charge in [0.1, 0.15) is 5.01 Å². The number of amides is 1. The third-order valence-electron chi connectivity index (χ3n) is 2.25. The van der Waals surface area contributed by atoms with Crippen molar-refractivity contribution < 1.29 is 4.79 Å². The van der Waals surface area contributed by atoms with Gasteiger partial charge in [0.25, 0.3) is 0 Å². The molecule has 1 unspecified atom stereocenters. The Kier molecular flexibility index (Phi) is 4.89. The summed E-state index contributed by atoms with van der Waals surface area (Å²) in [5, 5.41) is 4.37. The molecule has 1 rings (SSSR count). The largest absolute Gasteiger partial charge is 0.349 e. The van der Waals surface area contributed by atoms with Crippen LogP contribution < -0.4 is 5.32 Å². The van der Waals surface area contributed by atoms with Crippen molar-refractivity contribution in [3.63, 3.8) is 0 Å². The minimum Gasteiger partial charge on any atom is -0.349 e. The Balaban J connectivity index is 2.30. The first-order chi connectivity index (χ1) is 7.49. The smallest absolute Gasteiger partial charge is 0.223 e. The lowest BCUT2D eigenvalue weighted by atomic mass is 10.2. The fourth-order valence-corrected chi connectivity index (χ4v) is 2.00. The molecule has 0 aliphatic carbocycles. The quantitative estimate of drug-likeness (QED) is 0.847. The highest BCUT2D eigenvalue weighted by Gasteiger charge is 2.10. The van der Waals surface area contributed by atoms with Crippen LogP contribution in [0.1, 0.15) is 23.2 Å². The van der Waals surface area contributed by atoms with Gasteiger partial charge in [0.2, 0.25) is 5.91 Å². The summed E-state index contributed by atoms with van der Waals surface area (Å²) in [4.78, 5) is 18.5. The molecule has 0 saturated heterocycles. The monoisotopic (exact) mass is 241 g/mol. The predicted octanol–water partition coefficient (Wildman–Crippen LogP) is 1.41. The van der Waals surface area contributed by atoms with Gasteiger partial charge in [-0.15, -0.1) is 11.3 Å². The van der Waals surface area contributed by atoms with E-state index >= 15 is 0 Å². The maximum Gasteiger partial charge on any atom is 0.223 e. The number of aryl methyl sites for hydroxylation is 1. The second-order valence-corrected chi connectivity index (χ2v) is 5.46. The summed E-state index contributed by atoms with van der Waals surface area (Å²) >= 11 is 1.69. The molecule has 0 aromatic carbocycles. The maximum absolute atomic E-state index is 11.4. The van der Waals surface area contributed by atoms with E-state index in [9.17, 15) is 4.79 Å². The van der Waals surface area contributed by atoms with Crippen LogP contribution in [0.5, 0.6) is 0 Å². The number of rotatable bonds is 5. The van der Waals surface area contributed by atoms with E-state index in [4.69, 9.17) is 0 Å². The number of aromatic nitrogens is 1. The molecule has 1 atom stereocenters. The summed E-state index contributed by atoms with van der Waals surface area (Å²) in [5.41, 5.74) is 0. The lowest BCUT2D eigenvalue weighted by molar-refractivity contribution is -0.129. The minimum absolute atomic E-state index is 0.148. The van der Waals surface area contributed by atoms with Crippen LogP contribution in [-0.4, -0.2) is 35.9 Å². The highest BCUT2D eigenvalue weighted by molar-refractivity contribution is 7.11. The molecule has 1 amide bonds. The molecular weight excluding hydrogens is 222 g/mol. The van der Waals surface area contributed by atoms with Crippen LogP contribution in [0.25, 0.3) is 0 Å². The molecule has 0 radical (unpaired) electrons. The van der Waals surface area contributed by atoms with Crippen molar-refractivity contribution in [3.8, 4) is 0 Å². The van der Waals surface area contributed by atoms with Crippen molar-refractivity contribution in [2.75, 3.05) is 14.1 Å². The van der Waals surface area contributed by atoms with E-state index in [-0.39, 0.29) is 11.9 Å². The van der Waals surface area contributed by atoms with E-state index in [2.05, 4.69) is 10.3 Å². The van der Waals surface area contributed by atoms with E-state index in [1.807, 2.05) is 20.0 Å². The Hall–Kier alpha value is -0.940. The fourth-order valence-electron chi connectivity index (χ4n) is 1.26. The van der Waals surface area contributed by atoms with Crippen molar-refractivity contribution in [2.45, 2.75) is 32.9 Å². The zero-order valence-electron chi connectivity index (χ0n) is 10.3. The zero-order valence-corrected chi connectivity index (χ0v) is 11.1. The van der Waals surface area contributed by atoms with Crippen molar-refractivity contribution >= 4 is 17.2 Å². The third-order valence-corrected chi connectivity index (χ3v) is 3.16. The molecule has 90 valence electrons. The molecule has 0 aliphatic heterocycles. The Bertz CT molecular complexity index is 349. The summed E-state index contributed by atoms with van der Waals surface area (Å²) in [6, 6.07) is 0.180. The van der Waals surface area contributed by atoms with Crippen molar-refractivity contribution in [2.24, 2.45) is 0 Å². The van der Waals surface area contributed by atoms with Gasteiger partial charge in [-0.1, -0.05) is 0 Å². The normalized spacial score (nSPS) is 12.5. The number of nitrogens with zero attached hydrogens (tertiary/aromatic N) is 2. The van der Waals surface area contributed by atoms with Crippen LogP contribution in [0.2, 0.25) is 0 Å². The molecular formula is C11H19N3OS. The first-order valence-corrected chi connectivity index (χ1v) is 6.15. The molecule has 1 aromatic rings. The highest BCUT2D eigenvalue weighted by Crippen LogP contribution is 2.10. The molecule has 1 N–H and O–H groups in total. The second-order valence-electron chi connectivity index (χ2n) is 4.14. The van der Waals surface area contributed by atoms with Gasteiger partial charge in [-0.2, -0.15) is 0 Å². The zero-order chi connectivity index (χ0) is 12.1. The minimum atomic E-state index is 0.148. The predicted molar refractivity (Wildman–Crippen MR) is 66.5 cm³/mol. The Morgan fingerprint density at radius 2 is 2.31 bits per heavy atom. The average molecular weight is 241 g/mol. The lowest BCUT2D eigenvalue weighted by Crippen LogP contribution is -2.32. The van der Waals surface area contributed by atoms with Crippen molar-refractivity contribution in [3.05, 3.63) is 16.1 Å². The number of carbonyl (C=O) groups is 1. The molecule has 1 aromatic heterocycles. The van der Waals surface area contributed by atoms with Gasteiger partial charge in [0.15, 0.2) is 0 Å². The molecule has 4 nitrogen and oxygen atoms in total.